The minimum Gasteiger partial charge on any atom is -0.306 e. The van der Waals surface area contributed by atoms with Gasteiger partial charge in [0.1, 0.15) is 12.1 Å². The minimum absolute atomic E-state index is 0.147. The van der Waals surface area contributed by atoms with E-state index in [2.05, 4.69) is 10.3 Å². The van der Waals surface area contributed by atoms with E-state index in [4.69, 9.17) is 11.6 Å². The van der Waals surface area contributed by atoms with E-state index in [-0.39, 0.29) is 5.02 Å². The number of hydrogen-bond acceptors (Lipinski definition) is 2. The van der Waals surface area contributed by atoms with Crippen molar-refractivity contribution in [2.75, 3.05) is 5.32 Å². The molecule has 0 fully saturated rings. The lowest BCUT2D eigenvalue weighted by Crippen LogP contribution is -2.17. The number of imidazole rings is 1. The highest BCUT2D eigenvalue weighted by atomic mass is 35.5. The highest BCUT2D eigenvalue weighted by Gasteiger charge is 2.07. The van der Waals surface area contributed by atoms with Crippen LogP contribution in [0.4, 0.5) is 14.9 Å². The lowest BCUT2D eigenvalue weighted by Gasteiger charge is -2.06. The molecule has 2 aromatic rings. The second kappa shape index (κ2) is 4.32. The molecule has 0 atom stereocenters. The zero-order chi connectivity index (χ0) is 11.5. The topological polar surface area (TPSA) is 46.9 Å². The number of anilines is 1. The Bertz CT molecular complexity index is 513. The van der Waals surface area contributed by atoms with Crippen LogP contribution in [0.5, 0.6) is 0 Å². The van der Waals surface area contributed by atoms with E-state index in [9.17, 15) is 9.18 Å². The van der Waals surface area contributed by atoms with Crippen LogP contribution in [0.3, 0.4) is 0 Å². The zero-order valence-electron chi connectivity index (χ0n) is 8.02. The number of hydrogen-bond donors (Lipinski definition) is 1. The molecule has 4 nitrogen and oxygen atoms in total. The molecular weight excluding hydrogens is 233 g/mol. The monoisotopic (exact) mass is 239 g/mol. The first-order chi connectivity index (χ1) is 7.66. The van der Waals surface area contributed by atoms with Gasteiger partial charge in [-0.05, 0) is 18.2 Å². The van der Waals surface area contributed by atoms with Crippen LogP contribution in [0.25, 0.3) is 0 Å². The molecule has 0 aliphatic rings. The van der Waals surface area contributed by atoms with Gasteiger partial charge < -0.3 is 5.32 Å². The lowest BCUT2D eigenvalue weighted by molar-refractivity contribution is 0.253. The van der Waals surface area contributed by atoms with Gasteiger partial charge in [0.25, 0.3) is 0 Å². The van der Waals surface area contributed by atoms with E-state index >= 15 is 0 Å². The van der Waals surface area contributed by atoms with Crippen molar-refractivity contribution in [1.29, 1.82) is 0 Å². The molecule has 0 unspecified atom stereocenters. The molecule has 1 aromatic carbocycles. The Morgan fingerprint density at radius 3 is 2.94 bits per heavy atom. The Morgan fingerprint density at radius 1 is 1.50 bits per heavy atom. The van der Waals surface area contributed by atoms with Crippen molar-refractivity contribution in [2.24, 2.45) is 0 Å². The van der Waals surface area contributed by atoms with Gasteiger partial charge in [-0.2, -0.15) is 0 Å². The number of rotatable bonds is 1. The SMILES string of the molecule is O=C(Nc1ccc(F)cc1Cl)n1ccnc1. The van der Waals surface area contributed by atoms with Crippen molar-refractivity contribution in [3.63, 3.8) is 0 Å². The third kappa shape index (κ3) is 2.20. The molecule has 0 saturated carbocycles. The second-order valence-corrected chi connectivity index (χ2v) is 3.43. The van der Waals surface area contributed by atoms with Gasteiger partial charge in [0.15, 0.2) is 0 Å². The Labute approximate surface area is 95.7 Å². The van der Waals surface area contributed by atoms with E-state index in [1.165, 1.54) is 35.4 Å². The van der Waals surface area contributed by atoms with Gasteiger partial charge >= 0.3 is 6.03 Å². The van der Waals surface area contributed by atoms with E-state index in [0.29, 0.717) is 5.69 Å². The quantitative estimate of drug-likeness (QED) is 0.832. The Hall–Kier alpha value is -1.88. The van der Waals surface area contributed by atoms with Gasteiger partial charge in [-0.1, -0.05) is 11.6 Å². The Kier molecular flexibility index (Phi) is 2.87. The number of carbonyl (C=O) groups is 1. The standard InChI is InChI=1S/C10H7ClFN3O/c11-8-5-7(12)1-2-9(8)14-10(16)15-4-3-13-6-15/h1-6H,(H,14,16). The predicted molar refractivity (Wildman–Crippen MR) is 58.1 cm³/mol. The molecule has 1 heterocycles. The van der Waals surface area contributed by atoms with Crippen LogP contribution in [0.1, 0.15) is 0 Å². The summed E-state index contributed by atoms with van der Waals surface area (Å²) in [7, 11) is 0. The maximum atomic E-state index is 12.7. The third-order valence-corrected chi connectivity index (χ3v) is 2.22. The first-order valence-corrected chi connectivity index (χ1v) is 4.79. The molecule has 0 aliphatic heterocycles. The summed E-state index contributed by atoms with van der Waals surface area (Å²) in [5, 5.41) is 2.67. The fourth-order valence-electron chi connectivity index (χ4n) is 1.15. The molecule has 0 bridgehead atoms. The van der Waals surface area contributed by atoms with Crippen LogP contribution in [0, 0.1) is 5.82 Å². The van der Waals surface area contributed by atoms with Crippen LogP contribution in [0.2, 0.25) is 5.02 Å². The molecule has 1 amide bonds. The minimum atomic E-state index is -0.453. The van der Waals surface area contributed by atoms with Gasteiger partial charge in [-0.25, -0.2) is 14.2 Å². The fourth-order valence-corrected chi connectivity index (χ4v) is 1.36. The fraction of sp³-hybridized carbons (Fsp3) is 0. The molecule has 0 aliphatic carbocycles. The smallest absolute Gasteiger partial charge is 0.306 e. The molecule has 0 radical (unpaired) electrons. The number of carbonyl (C=O) groups excluding carboxylic acids is 1. The highest BCUT2D eigenvalue weighted by Crippen LogP contribution is 2.22. The average molecular weight is 240 g/mol. The van der Waals surface area contributed by atoms with Crippen molar-refractivity contribution in [2.45, 2.75) is 0 Å². The molecule has 0 saturated heterocycles. The largest absolute Gasteiger partial charge is 0.331 e. The van der Waals surface area contributed by atoms with Crippen molar-refractivity contribution < 1.29 is 9.18 Å². The van der Waals surface area contributed by atoms with Crippen LogP contribution in [-0.2, 0) is 0 Å². The number of halogens is 2. The van der Waals surface area contributed by atoms with Crippen molar-refractivity contribution in [3.8, 4) is 0 Å². The maximum absolute atomic E-state index is 12.7. The normalized spacial score (nSPS) is 10.1. The molecule has 82 valence electrons. The lowest BCUT2D eigenvalue weighted by atomic mass is 10.3. The average Bonchev–Trinajstić information content (AvgIpc) is 2.75. The van der Waals surface area contributed by atoms with Crippen molar-refractivity contribution in [3.05, 3.63) is 47.8 Å². The Balaban J connectivity index is 2.18. The first-order valence-electron chi connectivity index (χ1n) is 4.41. The van der Waals surface area contributed by atoms with Crippen LogP contribution in [0.15, 0.2) is 36.9 Å². The number of aromatic nitrogens is 2. The number of nitrogens with one attached hydrogen (secondary N) is 1. The van der Waals surface area contributed by atoms with E-state index < -0.39 is 11.8 Å². The van der Waals surface area contributed by atoms with Crippen molar-refractivity contribution in [1.82, 2.24) is 9.55 Å². The van der Waals surface area contributed by atoms with E-state index in [1.807, 2.05) is 0 Å². The molecule has 16 heavy (non-hydrogen) atoms. The van der Waals surface area contributed by atoms with Gasteiger partial charge in [0.05, 0.1) is 10.7 Å². The molecular formula is C10H7ClFN3O. The number of amides is 1. The summed E-state index contributed by atoms with van der Waals surface area (Å²) in [6.07, 6.45) is 4.32. The molecule has 6 heteroatoms. The Morgan fingerprint density at radius 2 is 2.31 bits per heavy atom. The van der Waals surface area contributed by atoms with E-state index in [1.54, 1.807) is 0 Å². The van der Waals surface area contributed by atoms with Crippen molar-refractivity contribution >= 4 is 23.3 Å². The summed E-state index contributed by atoms with van der Waals surface area (Å²) in [6, 6.07) is 3.33. The van der Waals surface area contributed by atoms with Gasteiger partial charge in [-0.3, -0.25) is 4.57 Å². The number of benzene rings is 1. The summed E-state index contributed by atoms with van der Waals surface area (Å²) >= 11 is 5.76. The molecule has 1 aromatic heterocycles. The van der Waals surface area contributed by atoms with Crippen LogP contribution < -0.4 is 5.32 Å². The summed E-state index contributed by atoms with van der Waals surface area (Å²) in [5.74, 6) is -0.453. The third-order valence-electron chi connectivity index (χ3n) is 1.91. The first kappa shape index (κ1) is 10.6. The van der Waals surface area contributed by atoms with Gasteiger partial charge in [0, 0.05) is 12.4 Å². The van der Waals surface area contributed by atoms with Crippen LogP contribution in [-0.4, -0.2) is 15.6 Å². The zero-order valence-corrected chi connectivity index (χ0v) is 8.78. The van der Waals surface area contributed by atoms with Gasteiger partial charge in [0.2, 0.25) is 0 Å². The predicted octanol–water partition coefficient (Wildman–Crippen LogP) is 2.76. The van der Waals surface area contributed by atoms with Gasteiger partial charge in [-0.15, -0.1) is 0 Å². The summed E-state index contributed by atoms with van der Waals surface area (Å²) in [6.45, 7) is 0. The second-order valence-electron chi connectivity index (χ2n) is 3.02. The molecule has 0 spiro atoms. The highest BCUT2D eigenvalue weighted by molar-refractivity contribution is 6.33. The molecule has 1 N–H and O–H groups in total. The maximum Gasteiger partial charge on any atom is 0.331 e. The summed E-state index contributed by atoms with van der Waals surface area (Å²) in [5.41, 5.74) is 0.349. The van der Waals surface area contributed by atoms with E-state index in [0.717, 1.165) is 6.07 Å². The molecule has 2 rings (SSSR count). The summed E-state index contributed by atoms with van der Waals surface area (Å²) < 4.78 is 14.0. The van der Waals surface area contributed by atoms with Crippen LogP contribution >= 0.6 is 11.6 Å². The number of nitrogens with zero attached hydrogens (tertiary/aromatic N) is 2. The summed E-state index contributed by atoms with van der Waals surface area (Å²) in [4.78, 5) is 15.3.